The monoisotopic (exact) mass is 208 g/mol. The first-order chi connectivity index (χ1) is 7.31. The molecule has 0 heterocycles. The summed E-state index contributed by atoms with van der Waals surface area (Å²) in [6, 6.07) is 0. The molecule has 0 saturated heterocycles. The second-order valence-electron chi connectivity index (χ2n) is 2.49. The number of esters is 1. The van der Waals surface area contributed by atoms with E-state index in [0.29, 0.717) is 6.61 Å². The van der Waals surface area contributed by atoms with Crippen molar-refractivity contribution in [2.24, 2.45) is 0 Å². The second kappa shape index (κ2) is 10.5. The molecular formula is C12H16O3. The summed E-state index contributed by atoms with van der Waals surface area (Å²) >= 11 is 0. The number of carbonyl (C=O) groups is 1. The van der Waals surface area contributed by atoms with E-state index in [2.05, 4.69) is 4.74 Å². The Balaban J connectivity index is 3.74. The fraction of sp³-hybridized carbons (Fsp3) is 0.250. The van der Waals surface area contributed by atoms with Crippen molar-refractivity contribution in [2.45, 2.75) is 6.92 Å². The molecular weight excluding hydrogens is 192 g/mol. The Bertz CT molecular complexity index is 273. The number of rotatable bonds is 6. The molecule has 0 amide bonds. The van der Waals surface area contributed by atoms with Crippen LogP contribution in [-0.4, -0.2) is 24.3 Å². The van der Waals surface area contributed by atoms with Crippen LogP contribution in [0, 0.1) is 0 Å². The summed E-state index contributed by atoms with van der Waals surface area (Å²) in [5, 5.41) is 8.42. The zero-order valence-corrected chi connectivity index (χ0v) is 8.80. The fourth-order valence-electron chi connectivity index (χ4n) is 0.721. The number of aliphatic hydroxyl groups is 1. The van der Waals surface area contributed by atoms with Gasteiger partial charge in [-0.3, -0.25) is 0 Å². The third-order valence-corrected chi connectivity index (χ3v) is 1.32. The summed E-state index contributed by atoms with van der Waals surface area (Å²) in [4.78, 5) is 10.8. The zero-order valence-electron chi connectivity index (χ0n) is 8.80. The van der Waals surface area contributed by atoms with E-state index in [0.717, 1.165) is 0 Å². The number of hydrogen-bond donors (Lipinski definition) is 1. The smallest absolute Gasteiger partial charge is 0.330 e. The largest absolute Gasteiger partial charge is 0.463 e. The third kappa shape index (κ3) is 10.3. The average molecular weight is 208 g/mol. The van der Waals surface area contributed by atoms with Crippen molar-refractivity contribution in [1.29, 1.82) is 0 Å². The molecule has 0 radical (unpaired) electrons. The molecule has 0 aromatic heterocycles. The van der Waals surface area contributed by atoms with Gasteiger partial charge in [0.15, 0.2) is 0 Å². The molecule has 0 aromatic carbocycles. The lowest BCUT2D eigenvalue weighted by atomic mass is 10.4. The molecule has 0 aliphatic rings. The van der Waals surface area contributed by atoms with Crippen molar-refractivity contribution < 1.29 is 14.6 Å². The second-order valence-corrected chi connectivity index (χ2v) is 2.49. The van der Waals surface area contributed by atoms with Gasteiger partial charge >= 0.3 is 5.97 Å². The Morgan fingerprint density at radius 2 is 1.73 bits per heavy atom. The first-order valence-corrected chi connectivity index (χ1v) is 4.75. The maximum absolute atomic E-state index is 10.8. The Morgan fingerprint density at radius 3 is 2.33 bits per heavy atom. The van der Waals surface area contributed by atoms with E-state index in [4.69, 9.17) is 5.11 Å². The van der Waals surface area contributed by atoms with Gasteiger partial charge in [-0.05, 0) is 6.92 Å². The van der Waals surface area contributed by atoms with Gasteiger partial charge in [0, 0.05) is 6.08 Å². The minimum Gasteiger partial charge on any atom is -0.463 e. The van der Waals surface area contributed by atoms with Gasteiger partial charge in [0.25, 0.3) is 0 Å². The lowest BCUT2D eigenvalue weighted by Gasteiger charge is -1.92. The molecule has 0 fully saturated rings. The van der Waals surface area contributed by atoms with E-state index < -0.39 is 0 Å². The lowest BCUT2D eigenvalue weighted by Crippen LogP contribution is -1.98. The first kappa shape index (κ1) is 13.4. The van der Waals surface area contributed by atoms with Gasteiger partial charge in [-0.15, -0.1) is 0 Å². The predicted molar refractivity (Wildman–Crippen MR) is 60.3 cm³/mol. The van der Waals surface area contributed by atoms with Crippen molar-refractivity contribution in [2.75, 3.05) is 13.2 Å². The summed E-state index contributed by atoms with van der Waals surface area (Å²) in [5.41, 5.74) is 0. The quantitative estimate of drug-likeness (QED) is 0.411. The Labute approximate surface area is 90.1 Å². The molecule has 3 heteroatoms. The van der Waals surface area contributed by atoms with Crippen molar-refractivity contribution in [3.8, 4) is 0 Å². The summed E-state index contributed by atoms with van der Waals surface area (Å²) < 4.78 is 4.68. The predicted octanol–water partition coefficient (Wildman–Crippen LogP) is 1.77. The summed E-state index contributed by atoms with van der Waals surface area (Å²) in [7, 11) is 0. The topological polar surface area (TPSA) is 46.5 Å². The summed E-state index contributed by atoms with van der Waals surface area (Å²) in [6.07, 6.45) is 13.4. The van der Waals surface area contributed by atoms with E-state index >= 15 is 0 Å². The van der Waals surface area contributed by atoms with Crippen LogP contribution in [0.3, 0.4) is 0 Å². The maximum Gasteiger partial charge on any atom is 0.330 e. The minimum absolute atomic E-state index is 0.0385. The Kier molecular flexibility index (Phi) is 9.35. The van der Waals surface area contributed by atoms with Crippen molar-refractivity contribution in [1.82, 2.24) is 0 Å². The van der Waals surface area contributed by atoms with Crippen LogP contribution < -0.4 is 0 Å². The molecule has 1 N–H and O–H groups in total. The highest BCUT2D eigenvalue weighted by molar-refractivity contribution is 5.82. The molecule has 0 aliphatic carbocycles. The molecule has 15 heavy (non-hydrogen) atoms. The van der Waals surface area contributed by atoms with Gasteiger partial charge in [0.05, 0.1) is 13.2 Å². The van der Waals surface area contributed by atoms with Gasteiger partial charge in [0.1, 0.15) is 0 Å². The molecule has 3 nitrogen and oxygen atoms in total. The number of carbonyl (C=O) groups excluding carboxylic acids is 1. The summed E-state index contributed by atoms with van der Waals surface area (Å²) in [5.74, 6) is -0.341. The molecule has 0 rings (SSSR count). The highest BCUT2D eigenvalue weighted by atomic mass is 16.5. The Hall–Kier alpha value is -1.61. The Morgan fingerprint density at radius 1 is 1.13 bits per heavy atom. The van der Waals surface area contributed by atoms with Gasteiger partial charge in [-0.1, -0.05) is 42.5 Å². The van der Waals surface area contributed by atoms with Gasteiger partial charge in [-0.25, -0.2) is 4.79 Å². The first-order valence-electron chi connectivity index (χ1n) is 4.75. The molecule has 0 atom stereocenters. The van der Waals surface area contributed by atoms with Crippen LogP contribution >= 0.6 is 0 Å². The number of ether oxygens (including phenoxy) is 1. The molecule has 0 spiro atoms. The van der Waals surface area contributed by atoms with Crippen LogP contribution in [0.25, 0.3) is 0 Å². The number of aliphatic hydroxyl groups excluding tert-OH is 1. The van der Waals surface area contributed by atoms with E-state index in [9.17, 15) is 4.79 Å². The molecule has 82 valence electrons. The standard InChI is InChI=1S/C12H16O3/c1-2-15-12(14)10-8-6-4-3-5-7-9-11-13/h3-10,13H,2,11H2,1H3/b5-3+,6-4+,9-7+,10-8+. The van der Waals surface area contributed by atoms with Crippen molar-refractivity contribution >= 4 is 5.97 Å². The normalized spacial score (nSPS) is 12.4. The zero-order chi connectivity index (χ0) is 11.4. The van der Waals surface area contributed by atoms with Crippen LogP contribution in [-0.2, 0) is 9.53 Å². The third-order valence-electron chi connectivity index (χ3n) is 1.32. The van der Waals surface area contributed by atoms with Gasteiger partial charge < -0.3 is 9.84 Å². The van der Waals surface area contributed by atoms with Crippen molar-refractivity contribution in [3.05, 3.63) is 48.6 Å². The fourth-order valence-corrected chi connectivity index (χ4v) is 0.721. The molecule has 0 saturated carbocycles. The van der Waals surface area contributed by atoms with Crippen LogP contribution in [0.5, 0.6) is 0 Å². The minimum atomic E-state index is -0.341. The highest BCUT2D eigenvalue weighted by Gasteiger charge is 1.89. The molecule has 0 aliphatic heterocycles. The molecule has 0 unspecified atom stereocenters. The maximum atomic E-state index is 10.8. The van der Waals surface area contributed by atoms with Gasteiger partial charge in [0.2, 0.25) is 0 Å². The molecule has 0 aromatic rings. The van der Waals surface area contributed by atoms with Crippen LogP contribution in [0.4, 0.5) is 0 Å². The van der Waals surface area contributed by atoms with Crippen LogP contribution in [0.2, 0.25) is 0 Å². The van der Waals surface area contributed by atoms with Crippen LogP contribution in [0.15, 0.2) is 48.6 Å². The van der Waals surface area contributed by atoms with Gasteiger partial charge in [-0.2, -0.15) is 0 Å². The SMILES string of the molecule is CCOC(=O)/C=C/C=C/C=C/C=C/CO. The number of hydrogen-bond acceptors (Lipinski definition) is 3. The van der Waals surface area contributed by atoms with E-state index in [1.807, 2.05) is 0 Å². The average Bonchev–Trinajstić information content (AvgIpc) is 2.22. The lowest BCUT2D eigenvalue weighted by molar-refractivity contribution is -0.137. The van der Waals surface area contributed by atoms with E-state index in [1.165, 1.54) is 6.08 Å². The highest BCUT2D eigenvalue weighted by Crippen LogP contribution is 1.84. The van der Waals surface area contributed by atoms with Crippen molar-refractivity contribution in [3.63, 3.8) is 0 Å². The molecule has 0 bridgehead atoms. The number of allylic oxidation sites excluding steroid dienone is 6. The summed E-state index contributed by atoms with van der Waals surface area (Å²) in [6.45, 7) is 2.19. The van der Waals surface area contributed by atoms with E-state index in [-0.39, 0.29) is 12.6 Å². The van der Waals surface area contributed by atoms with E-state index in [1.54, 1.807) is 49.5 Å². The van der Waals surface area contributed by atoms with Crippen LogP contribution in [0.1, 0.15) is 6.92 Å².